The topological polar surface area (TPSA) is 55.8 Å². The standard InChI is InChI=1S/C7H8BO4S/c1-4-3-5(12-8-10)13-6(4)7(9)11-2/h3,10H,1-2H3. The molecule has 69 valence electrons. The molecule has 0 bridgehead atoms. The fourth-order valence-electron chi connectivity index (χ4n) is 0.858. The summed E-state index contributed by atoms with van der Waals surface area (Å²) in [5.41, 5.74) is 0.772. The van der Waals surface area contributed by atoms with Crippen molar-refractivity contribution in [3.8, 4) is 5.06 Å². The fourth-order valence-corrected chi connectivity index (χ4v) is 1.77. The van der Waals surface area contributed by atoms with Crippen LogP contribution in [0.25, 0.3) is 0 Å². The van der Waals surface area contributed by atoms with Crippen LogP contribution in [0.1, 0.15) is 15.2 Å². The molecule has 0 saturated heterocycles. The lowest BCUT2D eigenvalue weighted by Crippen LogP contribution is -1.99. The first-order valence-corrected chi connectivity index (χ1v) is 4.32. The van der Waals surface area contributed by atoms with E-state index in [-0.39, 0.29) is 0 Å². The molecule has 0 aliphatic heterocycles. The first-order chi connectivity index (χ1) is 6.19. The second kappa shape index (κ2) is 4.29. The largest absolute Gasteiger partial charge is 0.569 e. The van der Waals surface area contributed by atoms with Crippen molar-refractivity contribution in [2.45, 2.75) is 6.92 Å². The van der Waals surface area contributed by atoms with Gasteiger partial charge in [0.15, 0.2) is 5.06 Å². The summed E-state index contributed by atoms with van der Waals surface area (Å²) in [5, 5.41) is 8.82. The van der Waals surface area contributed by atoms with Gasteiger partial charge in [-0.3, -0.25) is 0 Å². The van der Waals surface area contributed by atoms with Crippen LogP contribution >= 0.6 is 11.3 Å². The smallest absolute Gasteiger partial charge is 0.530 e. The van der Waals surface area contributed by atoms with E-state index in [2.05, 4.69) is 4.74 Å². The Bertz CT molecular complexity index is 309. The van der Waals surface area contributed by atoms with Crippen LogP contribution in [0.15, 0.2) is 6.07 Å². The van der Waals surface area contributed by atoms with E-state index >= 15 is 0 Å². The van der Waals surface area contributed by atoms with Crippen LogP contribution < -0.4 is 4.65 Å². The van der Waals surface area contributed by atoms with Crippen LogP contribution in [0, 0.1) is 6.92 Å². The van der Waals surface area contributed by atoms with Gasteiger partial charge < -0.3 is 14.4 Å². The Morgan fingerprint density at radius 3 is 2.92 bits per heavy atom. The van der Waals surface area contributed by atoms with E-state index in [4.69, 9.17) is 9.68 Å². The Morgan fingerprint density at radius 2 is 2.38 bits per heavy atom. The normalized spacial score (nSPS) is 9.46. The number of thiophene rings is 1. The summed E-state index contributed by atoms with van der Waals surface area (Å²) < 4.78 is 9.26. The molecule has 0 spiro atoms. The molecule has 1 N–H and O–H groups in total. The molecule has 13 heavy (non-hydrogen) atoms. The highest BCUT2D eigenvalue weighted by Crippen LogP contribution is 2.28. The molecule has 0 saturated carbocycles. The molecule has 1 aromatic rings. The summed E-state index contributed by atoms with van der Waals surface area (Å²) in [6.07, 6.45) is 0. The predicted molar refractivity (Wildman–Crippen MR) is 49.0 cm³/mol. The Kier molecular flexibility index (Phi) is 3.33. The van der Waals surface area contributed by atoms with E-state index in [1.165, 1.54) is 7.11 Å². The Labute approximate surface area is 80.4 Å². The lowest BCUT2D eigenvalue weighted by atomic mass is 10.3. The van der Waals surface area contributed by atoms with Crippen LogP contribution in [-0.2, 0) is 4.74 Å². The SMILES string of the molecule is COC(=O)c1sc(O[B]O)cc1C. The first kappa shape index (κ1) is 10.1. The van der Waals surface area contributed by atoms with Gasteiger partial charge in [0.25, 0.3) is 0 Å². The van der Waals surface area contributed by atoms with Crippen molar-refractivity contribution in [2.75, 3.05) is 7.11 Å². The minimum absolute atomic E-state index is 0.393. The van der Waals surface area contributed by atoms with Gasteiger partial charge in [-0.05, 0) is 18.6 Å². The molecule has 0 amide bonds. The summed E-state index contributed by atoms with van der Waals surface area (Å²) in [4.78, 5) is 11.6. The van der Waals surface area contributed by atoms with E-state index in [1.54, 1.807) is 13.0 Å². The minimum atomic E-state index is -0.393. The zero-order valence-corrected chi connectivity index (χ0v) is 8.05. The number of esters is 1. The minimum Gasteiger partial charge on any atom is -0.530 e. The number of hydrogen-bond donors (Lipinski definition) is 1. The first-order valence-electron chi connectivity index (χ1n) is 3.50. The molecule has 0 aliphatic carbocycles. The summed E-state index contributed by atoms with van der Waals surface area (Å²) in [5.74, 6) is -0.393. The van der Waals surface area contributed by atoms with Crippen molar-refractivity contribution < 1.29 is 19.2 Å². The van der Waals surface area contributed by atoms with Crippen molar-refractivity contribution in [3.05, 3.63) is 16.5 Å². The van der Waals surface area contributed by atoms with Gasteiger partial charge in [0.05, 0.1) is 7.11 Å². The van der Waals surface area contributed by atoms with Crippen LogP contribution in [0.3, 0.4) is 0 Å². The zero-order chi connectivity index (χ0) is 9.84. The predicted octanol–water partition coefficient (Wildman–Crippen LogP) is 0.748. The van der Waals surface area contributed by atoms with Crippen LogP contribution in [-0.4, -0.2) is 25.8 Å². The molecule has 0 fully saturated rings. The van der Waals surface area contributed by atoms with Crippen molar-refractivity contribution in [2.24, 2.45) is 0 Å². The maximum absolute atomic E-state index is 11.1. The maximum atomic E-state index is 11.1. The molecule has 1 rings (SSSR count). The number of rotatable bonds is 3. The van der Waals surface area contributed by atoms with Crippen molar-refractivity contribution in [1.29, 1.82) is 0 Å². The average molecular weight is 199 g/mol. The molecule has 0 aromatic carbocycles. The lowest BCUT2D eigenvalue weighted by Gasteiger charge is -1.94. The number of carbonyl (C=O) groups is 1. The molecule has 6 heteroatoms. The number of aryl methyl sites for hydroxylation is 1. The molecule has 4 nitrogen and oxygen atoms in total. The quantitative estimate of drug-likeness (QED) is 0.576. The summed E-state index contributed by atoms with van der Waals surface area (Å²) in [6, 6.07) is 1.66. The highest BCUT2D eigenvalue weighted by molar-refractivity contribution is 7.16. The van der Waals surface area contributed by atoms with E-state index in [1.807, 2.05) is 0 Å². The Balaban J connectivity index is 2.89. The second-order valence-electron chi connectivity index (χ2n) is 2.29. The number of ether oxygens (including phenoxy) is 1. The van der Waals surface area contributed by atoms with E-state index in [0.717, 1.165) is 16.9 Å². The third kappa shape index (κ3) is 2.23. The second-order valence-corrected chi connectivity index (χ2v) is 3.31. The monoisotopic (exact) mass is 199 g/mol. The lowest BCUT2D eigenvalue weighted by molar-refractivity contribution is 0.0605. The number of methoxy groups -OCH3 is 1. The van der Waals surface area contributed by atoms with Gasteiger partial charge in [-0.15, -0.1) is 0 Å². The van der Waals surface area contributed by atoms with Crippen molar-refractivity contribution in [3.63, 3.8) is 0 Å². The van der Waals surface area contributed by atoms with Gasteiger partial charge in [-0.25, -0.2) is 4.79 Å². The molecule has 1 radical (unpaired) electrons. The molecule has 1 aromatic heterocycles. The summed E-state index contributed by atoms with van der Waals surface area (Å²) >= 11 is 1.13. The summed E-state index contributed by atoms with van der Waals surface area (Å²) in [6.45, 7) is 1.77. The molecule has 0 aliphatic rings. The zero-order valence-electron chi connectivity index (χ0n) is 7.23. The van der Waals surface area contributed by atoms with E-state index < -0.39 is 5.97 Å². The summed E-state index contributed by atoms with van der Waals surface area (Å²) in [7, 11) is 1.90. The fraction of sp³-hybridized carbons (Fsp3) is 0.286. The Morgan fingerprint density at radius 1 is 1.69 bits per heavy atom. The van der Waals surface area contributed by atoms with Crippen molar-refractivity contribution in [1.82, 2.24) is 0 Å². The van der Waals surface area contributed by atoms with Crippen LogP contribution in [0.5, 0.6) is 5.06 Å². The molecular weight excluding hydrogens is 191 g/mol. The van der Waals surface area contributed by atoms with Crippen LogP contribution in [0.4, 0.5) is 0 Å². The third-order valence-corrected chi connectivity index (χ3v) is 2.54. The van der Waals surface area contributed by atoms with Gasteiger partial charge in [-0.1, -0.05) is 11.3 Å². The van der Waals surface area contributed by atoms with Crippen LogP contribution in [0.2, 0.25) is 0 Å². The van der Waals surface area contributed by atoms with Gasteiger partial charge in [0, 0.05) is 0 Å². The molecule has 0 unspecified atom stereocenters. The van der Waals surface area contributed by atoms with Crippen molar-refractivity contribution >= 4 is 25.0 Å². The highest BCUT2D eigenvalue weighted by atomic mass is 32.1. The molecular formula is C7H8BO4S. The van der Waals surface area contributed by atoms with Gasteiger partial charge in [0.2, 0.25) is 0 Å². The highest BCUT2D eigenvalue weighted by Gasteiger charge is 2.14. The maximum Gasteiger partial charge on any atom is 0.569 e. The van der Waals surface area contributed by atoms with Gasteiger partial charge in [0.1, 0.15) is 4.88 Å². The molecule has 0 atom stereocenters. The van der Waals surface area contributed by atoms with E-state index in [9.17, 15) is 4.79 Å². The number of carbonyl (C=O) groups excluding carboxylic acids is 1. The average Bonchev–Trinajstić information content (AvgIpc) is 2.46. The molecule has 1 heterocycles. The van der Waals surface area contributed by atoms with Gasteiger partial charge in [-0.2, -0.15) is 0 Å². The number of hydrogen-bond acceptors (Lipinski definition) is 5. The third-order valence-electron chi connectivity index (χ3n) is 1.43. The van der Waals surface area contributed by atoms with Gasteiger partial charge >= 0.3 is 13.7 Å². The Hall–Kier alpha value is -1.01. The van der Waals surface area contributed by atoms with E-state index in [0.29, 0.717) is 17.6 Å².